The number of amides is 1. The molecule has 3 aromatic rings. The molecule has 0 saturated carbocycles. The largest absolute Gasteiger partial charge is 0.497 e. The van der Waals surface area contributed by atoms with Crippen molar-refractivity contribution in [2.75, 3.05) is 19.0 Å². The molecular weight excluding hydrogens is 348 g/mol. The van der Waals surface area contributed by atoms with Crippen molar-refractivity contribution >= 4 is 34.3 Å². The number of anilines is 1. The summed E-state index contributed by atoms with van der Waals surface area (Å²) in [6.07, 6.45) is 1.48. The van der Waals surface area contributed by atoms with E-state index in [1.54, 1.807) is 37.3 Å². The first kappa shape index (κ1) is 18.2. The number of ketones is 1. The van der Waals surface area contributed by atoms with Gasteiger partial charge in [-0.2, -0.15) is 0 Å². The van der Waals surface area contributed by atoms with Gasteiger partial charge in [-0.1, -0.05) is 12.1 Å². The molecule has 2 N–H and O–H groups in total. The minimum absolute atomic E-state index is 0.182. The zero-order valence-electron chi connectivity index (χ0n) is 14.9. The first-order valence-corrected chi connectivity index (χ1v) is 8.32. The van der Waals surface area contributed by atoms with Gasteiger partial charge in [-0.05, 0) is 37.3 Å². The van der Waals surface area contributed by atoms with Crippen molar-refractivity contribution in [3.63, 3.8) is 0 Å². The van der Waals surface area contributed by atoms with E-state index < -0.39 is 17.7 Å². The highest BCUT2D eigenvalue weighted by atomic mass is 16.5. The number of ether oxygens (including phenoxy) is 2. The average molecular weight is 366 g/mol. The van der Waals surface area contributed by atoms with Crippen molar-refractivity contribution in [2.24, 2.45) is 0 Å². The molecule has 0 saturated heterocycles. The Morgan fingerprint density at radius 3 is 2.59 bits per heavy atom. The van der Waals surface area contributed by atoms with Crippen LogP contribution < -0.4 is 10.1 Å². The maximum atomic E-state index is 12.6. The number of nitrogens with one attached hydrogen (secondary N) is 2. The van der Waals surface area contributed by atoms with Gasteiger partial charge in [0.25, 0.3) is 11.7 Å². The molecule has 0 radical (unpaired) electrons. The average Bonchev–Trinajstić information content (AvgIpc) is 3.10. The Hall–Kier alpha value is -3.61. The Kier molecular flexibility index (Phi) is 5.21. The number of fused-ring (bicyclic) bond motifs is 1. The number of carbonyl (C=O) groups is 3. The van der Waals surface area contributed by atoms with E-state index >= 15 is 0 Å². The molecule has 0 unspecified atom stereocenters. The molecule has 7 heteroatoms. The lowest BCUT2D eigenvalue weighted by Crippen LogP contribution is -2.24. The highest BCUT2D eigenvalue weighted by Crippen LogP contribution is 2.24. The molecule has 1 aromatic heterocycles. The molecule has 0 aliphatic heterocycles. The van der Waals surface area contributed by atoms with Crippen molar-refractivity contribution in [3.05, 3.63) is 59.8 Å². The number of rotatable bonds is 6. The van der Waals surface area contributed by atoms with Crippen LogP contribution in [-0.4, -0.2) is 36.4 Å². The number of H-pyrrole nitrogens is 1. The second-order valence-electron chi connectivity index (χ2n) is 5.66. The van der Waals surface area contributed by atoms with Gasteiger partial charge >= 0.3 is 5.97 Å². The second-order valence-corrected chi connectivity index (χ2v) is 5.66. The quantitative estimate of drug-likeness (QED) is 0.397. The van der Waals surface area contributed by atoms with E-state index in [0.29, 0.717) is 16.7 Å². The van der Waals surface area contributed by atoms with Crippen LogP contribution >= 0.6 is 0 Å². The molecule has 0 spiro atoms. The van der Waals surface area contributed by atoms with Crippen molar-refractivity contribution in [2.45, 2.75) is 6.92 Å². The standard InChI is InChI=1S/C20H18N2O5/c1-3-27-20(25)13-6-4-5-7-17(13)22-19(24)18(23)15-11-21-16-9-8-12(26-2)10-14(15)16/h4-11,21H,3H2,1-2H3,(H,22,24). The predicted octanol–water partition coefficient (Wildman–Crippen LogP) is 3.17. The number of Topliss-reactive ketones (excluding diaryl/α,β-unsaturated/α-hetero) is 1. The third-order valence-electron chi connectivity index (χ3n) is 4.01. The fourth-order valence-corrected chi connectivity index (χ4v) is 2.69. The number of para-hydroxylation sites is 1. The summed E-state index contributed by atoms with van der Waals surface area (Å²) in [5.41, 5.74) is 1.32. The zero-order chi connectivity index (χ0) is 19.4. The van der Waals surface area contributed by atoms with Crippen molar-refractivity contribution < 1.29 is 23.9 Å². The number of hydrogen-bond acceptors (Lipinski definition) is 5. The number of aromatic nitrogens is 1. The van der Waals surface area contributed by atoms with Gasteiger partial charge in [-0.15, -0.1) is 0 Å². The molecular formula is C20H18N2O5. The van der Waals surface area contributed by atoms with E-state index in [2.05, 4.69) is 10.3 Å². The highest BCUT2D eigenvalue weighted by molar-refractivity contribution is 6.48. The third kappa shape index (κ3) is 3.67. The number of benzene rings is 2. The number of methoxy groups -OCH3 is 1. The van der Waals surface area contributed by atoms with Gasteiger partial charge < -0.3 is 19.8 Å². The molecule has 7 nitrogen and oxygen atoms in total. The summed E-state index contributed by atoms with van der Waals surface area (Å²) in [5, 5.41) is 3.07. The van der Waals surface area contributed by atoms with Crippen molar-refractivity contribution in [1.82, 2.24) is 4.98 Å². The lowest BCUT2D eigenvalue weighted by atomic mass is 10.1. The Morgan fingerprint density at radius 2 is 1.85 bits per heavy atom. The van der Waals surface area contributed by atoms with Crippen LogP contribution in [0.5, 0.6) is 5.75 Å². The number of carbonyl (C=O) groups excluding carboxylic acids is 3. The van der Waals surface area contributed by atoms with E-state index in [0.717, 1.165) is 0 Å². The third-order valence-corrected chi connectivity index (χ3v) is 4.01. The smallest absolute Gasteiger partial charge is 0.340 e. The molecule has 0 atom stereocenters. The van der Waals surface area contributed by atoms with Crippen molar-refractivity contribution in [3.8, 4) is 5.75 Å². The number of aromatic amines is 1. The minimum Gasteiger partial charge on any atom is -0.497 e. The van der Waals surface area contributed by atoms with Gasteiger partial charge in [0, 0.05) is 17.1 Å². The lowest BCUT2D eigenvalue weighted by molar-refractivity contribution is -0.112. The highest BCUT2D eigenvalue weighted by Gasteiger charge is 2.22. The second kappa shape index (κ2) is 7.74. The van der Waals surface area contributed by atoms with E-state index in [1.807, 2.05) is 0 Å². The molecule has 138 valence electrons. The van der Waals surface area contributed by atoms with Gasteiger partial charge in [0.05, 0.1) is 30.5 Å². The maximum absolute atomic E-state index is 12.6. The molecule has 1 amide bonds. The zero-order valence-corrected chi connectivity index (χ0v) is 14.9. The monoisotopic (exact) mass is 366 g/mol. The van der Waals surface area contributed by atoms with Crippen LogP contribution in [-0.2, 0) is 9.53 Å². The van der Waals surface area contributed by atoms with Crippen LogP contribution in [0.2, 0.25) is 0 Å². The van der Waals surface area contributed by atoms with E-state index in [1.165, 1.54) is 25.4 Å². The fraction of sp³-hybridized carbons (Fsp3) is 0.150. The first-order chi connectivity index (χ1) is 13.0. The normalized spacial score (nSPS) is 10.4. The van der Waals surface area contributed by atoms with Gasteiger partial charge in [0.2, 0.25) is 0 Å². The number of esters is 1. The lowest BCUT2D eigenvalue weighted by Gasteiger charge is -2.09. The summed E-state index contributed by atoms with van der Waals surface area (Å²) >= 11 is 0. The molecule has 1 heterocycles. The summed E-state index contributed by atoms with van der Waals surface area (Å²) in [7, 11) is 1.52. The van der Waals surface area contributed by atoms with Gasteiger partial charge in [-0.3, -0.25) is 9.59 Å². The van der Waals surface area contributed by atoms with Crippen LogP contribution in [0.3, 0.4) is 0 Å². The Bertz CT molecular complexity index is 1020. The fourth-order valence-electron chi connectivity index (χ4n) is 2.69. The van der Waals surface area contributed by atoms with Gasteiger partial charge in [-0.25, -0.2) is 4.79 Å². The number of hydrogen-bond donors (Lipinski definition) is 2. The molecule has 2 aromatic carbocycles. The summed E-state index contributed by atoms with van der Waals surface area (Å²) in [4.78, 5) is 40.1. The molecule has 3 rings (SSSR count). The Labute approximate surface area is 155 Å². The van der Waals surface area contributed by atoms with Crippen molar-refractivity contribution in [1.29, 1.82) is 0 Å². The molecule has 0 bridgehead atoms. The topological polar surface area (TPSA) is 97.5 Å². The summed E-state index contributed by atoms with van der Waals surface area (Å²) in [6, 6.07) is 11.6. The molecule has 0 aliphatic carbocycles. The molecule has 0 fully saturated rings. The maximum Gasteiger partial charge on any atom is 0.340 e. The van der Waals surface area contributed by atoms with Crippen LogP contribution in [0.4, 0.5) is 5.69 Å². The van der Waals surface area contributed by atoms with Crippen LogP contribution in [0.1, 0.15) is 27.6 Å². The summed E-state index contributed by atoms with van der Waals surface area (Å²) in [5.74, 6) is -1.58. The predicted molar refractivity (Wildman–Crippen MR) is 100 cm³/mol. The summed E-state index contributed by atoms with van der Waals surface area (Å²) < 4.78 is 10.1. The van der Waals surface area contributed by atoms with Crippen LogP contribution in [0, 0.1) is 0 Å². The Morgan fingerprint density at radius 1 is 1.07 bits per heavy atom. The molecule has 27 heavy (non-hydrogen) atoms. The minimum atomic E-state index is -0.851. The van der Waals surface area contributed by atoms with E-state index in [-0.39, 0.29) is 23.4 Å². The SMILES string of the molecule is CCOC(=O)c1ccccc1NC(=O)C(=O)c1c[nH]c2ccc(OC)cc12. The van der Waals surface area contributed by atoms with Crippen LogP contribution in [0.15, 0.2) is 48.7 Å². The van der Waals surface area contributed by atoms with Gasteiger partial charge in [0.1, 0.15) is 5.75 Å². The first-order valence-electron chi connectivity index (χ1n) is 8.32. The Balaban J connectivity index is 1.88. The molecule has 0 aliphatic rings. The summed E-state index contributed by atoms with van der Waals surface area (Å²) in [6.45, 7) is 1.89. The van der Waals surface area contributed by atoms with E-state index in [4.69, 9.17) is 9.47 Å². The van der Waals surface area contributed by atoms with Crippen LogP contribution in [0.25, 0.3) is 10.9 Å². The van der Waals surface area contributed by atoms with E-state index in [9.17, 15) is 14.4 Å². The van der Waals surface area contributed by atoms with Gasteiger partial charge in [0.15, 0.2) is 0 Å².